The summed E-state index contributed by atoms with van der Waals surface area (Å²) in [6.07, 6.45) is 2.53. The summed E-state index contributed by atoms with van der Waals surface area (Å²) in [5.41, 5.74) is 1.65. The van der Waals surface area contributed by atoms with Crippen LogP contribution in [-0.2, 0) is 14.9 Å². The largest absolute Gasteiger partial charge is 0.395 e. The molecule has 2 aromatic carbocycles. The number of thiocarbonyl (C=S) groups is 1. The Kier molecular flexibility index (Phi) is 5.77. The highest BCUT2D eigenvalue weighted by Crippen LogP contribution is 2.48. The summed E-state index contributed by atoms with van der Waals surface area (Å²) in [7, 11) is -4.07. The van der Waals surface area contributed by atoms with Crippen molar-refractivity contribution < 1.29 is 32.4 Å². The van der Waals surface area contributed by atoms with Gasteiger partial charge < -0.3 is 5.11 Å². The summed E-state index contributed by atoms with van der Waals surface area (Å²) in [5.74, 6) is 0.262. The lowest BCUT2D eigenvalue weighted by atomic mass is 9.93. The predicted octanol–water partition coefficient (Wildman–Crippen LogP) is 1.66. The van der Waals surface area contributed by atoms with Gasteiger partial charge in [0.1, 0.15) is 5.69 Å². The van der Waals surface area contributed by atoms with E-state index in [1.807, 2.05) is 60.8 Å². The van der Waals surface area contributed by atoms with Crippen LogP contribution in [0.4, 0.5) is 5.69 Å². The number of aliphatic hydroxyl groups is 1. The number of hydrogen-bond acceptors (Lipinski definition) is 6. The number of β-lactam (4-membered cyclic amide) rings is 1. The Balaban J connectivity index is 1.54. The first kappa shape index (κ1) is 23.1. The summed E-state index contributed by atoms with van der Waals surface area (Å²) in [5, 5.41) is 10.0. The highest BCUT2D eigenvalue weighted by molar-refractivity contribution is 7.85. The summed E-state index contributed by atoms with van der Waals surface area (Å²) in [6, 6.07) is 15.7. The van der Waals surface area contributed by atoms with Gasteiger partial charge >= 0.3 is 5.91 Å². The quantitative estimate of drug-likeness (QED) is 0.184. The zero-order valence-electron chi connectivity index (χ0n) is 18.2. The Bertz CT molecular complexity index is 1280. The Morgan fingerprint density at radius 2 is 1.85 bits per heavy atom. The van der Waals surface area contributed by atoms with Gasteiger partial charge in [-0.25, -0.2) is 9.63 Å². The van der Waals surface area contributed by atoms with Crippen LogP contribution in [0.15, 0.2) is 54.6 Å². The lowest BCUT2D eigenvalue weighted by Gasteiger charge is -2.39. The number of carbonyl (C=O) groups is 1. The average Bonchev–Trinajstić information content (AvgIpc) is 3.35. The van der Waals surface area contributed by atoms with Crippen LogP contribution in [0.3, 0.4) is 0 Å². The molecule has 2 bridgehead atoms. The maximum Gasteiger partial charge on any atom is 0.356 e. The van der Waals surface area contributed by atoms with Gasteiger partial charge in [-0.15, -0.1) is 0 Å². The van der Waals surface area contributed by atoms with E-state index in [2.05, 4.69) is 0 Å². The fourth-order valence-corrected chi connectivity index (χ4v) is 6.32. The number of aliphatic hydroxyl groups excluding tert-OH is 1. The number of nitrogens with zero attached hydrogens (tertiary/aromatic N) is 3. The van der Waals surface area contributed by atoms with Gasteiger partial charge in [-0.05, 0) is 23.3 Å². The minimum atomic E-state index is -4.07. The first-order valence-electron chi connectivity index (χ1n) is 11.0. The van der Waals surface area contributed by atoms with Gasteiger partial charge in [0, 0.05) is 37.3 Å². The monoisotopic (exact) mass is 503 g/mol. The van der Waals surface area contributed by atoms with Crippen LogP contribution in [-0.4, -0.2) is 75.9 Å². The highest BCUT2D eigenvalue weighted by atomic mass is 32.2. The van der Waals surface area contributed by atoms with Crippen LogP contribution >= 0.6 is 12.2 Å². The van der Waals surface area contributed by atoms with E-state index < -0.39 is 16.2 Å². The number of benzene rings is 2. The van der Waals surface area contributed by atoms with Crippen molar-refractivity contribution in [3.8, 4) is 5.75 Å². The van der Waals surface area contributed by atoms with E-state index in [9.17, 15) is 18.3 Å². The molecule has 11 heteroatoms. The van der Waals surface area contributed by atoms with Gasteiger partial charge in [0.25, 0.3) is 21.4 Å². The van der Waals surface area contributed by atoms with Crippen molar-refractivity contribution in [1.29, 1.82) is 0 Å². The SMILES string of the molecule is O=C1C2C(C=[N+]3Oc4ccccc4C3CCCS(=O)(=O)O)[N+]1(c1ccccc1)C(=S)N2CCO. The summed E-state index contributed by atoms with van der Waals surface area (Å²) >= 11 is 5.76. The van der Waals surface area contributed by atoms with Gasteiger partial charge in [0.2, 0.25) is 23.9 Å². The number of hydrogen-bond donors (Lipinski definition) is 2. The Labute approximate surface area is 202 Å². The number of amides is 1. The zero-order chi connectivity index (χ0) is 24.1. The third-order valence-corrected chi connectivity index (χ3v) is 8.05. The zero-order valence-corrected chi connectivity index (χ0v) is 19.9. The van der Waals surface area contributed by atoms with Crippen molar-refractivity contribution in [1.82, 2.24) is 9.38 Å². The molecule has 4 atom stereocenters. The molecule has 0 aromatic heterocycles. The molecule has 4 aliphatic heterocycles. The first-order chi connectivity index (χ1) is 16.3. The maximum absolute atomic E-state index is 13.4. The highest BCUT2D eigenvalue weighted by Gasteiger charge is 2.79. The third-order valence-electron chi connectivity index (χ3n) is 6.73. The van der Waals surface area contributed by atoms with Crippen molar-refractivity contribution in [2.24, 2.45) is 0 Å². The molecule has 3 saturated heterocycles. The molecule has 4 heterocycles. The van der Waals surface area contributed by atoms with Crippen LogP contribution in [0.2, 0.25) is 0 Å². The molecule has 34 heavy (non-hydrogen) atoms. The smallest absolute Gasteiger partial charge is 0.356 e. The lowest BCUT2D eigenvalue weighted by molar-refractivity contribution is -0.761. The minimum Gasteiger partial charge on any atom is -0.395 e. The van der Waals surface area contributed by atoms with Crippen molar-refractivity contribution in [3.05, 3.63) is 60.2 Å². The Hall–Kier alpha value is -2.70. The van der Waals surface area contributed by atoms with Crippen LogP contribution in [0.25, 0.3) is 0 Å². The lowest BCUT2D eigenvalue weighted by Crippen LogP contribution is -2.75. The first-order valence-corrected chi connectivity index (χ1v) is 13.1. The van der Waals surface area contributed by atoms with Crippen molar-refractivity contribution >= 4 is 45.3 Å². The standard InChI is InChI=1S/C23H24N3O6S2/c27-13-12-24-21-19(26(22(21)28,23(24)33)16-7-2-1-3-8-16)15-25-18(10-6-14-34(29,30)31)17-9-4-5-11-20(17)32-25/h1-5,7-9,11,15,18-19,21,27H,6,10,12-14H2/q+1/p+1. The number of carbonyl (C=O) groups excluding carboxylic acids is 1. The normalized spacial score (nSPS) is 28.7. The molecular weight excluding hydrogens is 478 g/mol. The molecule has 0 radical (unpaired) electrons. The summed E-state index contributed by atoms with van der Waals surface area (Å²) in [6.45, 7) is 0.126. The fraction of sp³-hybridized carbons (Fsp3) is 0.348. The molecule has 2 aromatic rings. The number of fused-ring (bicyclic) bond motifs is 2. The average molecular weight is 504 g/mol. The van der Waals surface area contributed by atoms with E-state index in [1.165, 1.54) is 0 Å². The van der Waals surface area contributed by atoms with Crippen molar-refractivity contribution in [2.75, 3.05) is 18.9 Å². The molecule has 1 amide bonds. The Morgan fingerprint density at radius 1 is 1.15 bits per heavy atom. The van der Waals surface area contributed by atoms with Gasteiger partial charge in [-0.1, -0.05) is 30.3 Å². The molecule has 0 aliphatic carbocycles. The summed E-state index contributed by atoms with van der Waals surface area (Å²) in [4.78, 5) is 21.3. The molecule has 4 aliphatic rings. The molecule has 2 N–H and O–H groups in total. The molecule has 9 nitrogen and oxygen atoms in total. The van der Waals surface area contributed by atoms with Gasteiger partial charge in [-0.2, -0.15) is 12.9 Å². The molecule has 178 valence electrons. The van der Waals surface area contributed by atoms with Gasteiger partial charge in [0.15, 0.2) is 0 Å². The van der Waals surface area contributed by atoms with Crippen LogP contribution in [0, 0.1) is 0 Å². The van der Waals surface area contributed by atoms with E-state index in [0.717, 1.165) is 11.3 Å². The van der Waals surface area contributed by atoms with Crippen molar-refractivity contribution in [3.63, 3.8) is 0 Å². The van der Waals surface area contributed by atoms with E-state index in [-0.39, 0.29) is 47.8 Å². The predicted molar refractivity (Wildman–Crippen MR) is 129 cm³/mol. The van der Waals surface area contributed by atoms with E-state index in [4.69, 9.17) is 21.6 Å². The second-order valence-corrected chi connectivity index (χ2v) is 10.6. The third kappa shape index (κ3) is 3.46. The molecular formula is C23H25N3O6S2+2. The molecule has 6 rings (SSSR count). The molecule has 0 spiro atoms. The number of hydroxylamine groups is 1. The number of para-hydroxylation sites is 2. The van der Waals surface area contributed by atoms with E-state index in [0.29, 0.717) is 17.3 Å². The minimum absolute atomic E-state index is 0.0504. The van der Waals surface area contributed by atoms with Crippen molar-refractivity contribution in [2.45, 2.75) is 31.0 Å². The van der Waals surface area contributed by atoms with Crippen LogP contribution in [0.5, 0.6) is 5.75 Å². The van der Waals surface area contributed by atoms with Gasteiger partial charge in [-0.3, -0.25) is 9.45 Å². The summed E-state index contributed by atoms with van der Waals surface area (Å²) < 4.78 is 33.2. The van der Waals surface area contributed by atoms with Gasteiger partial charge in [0.05, 0.1) is 17.9 Å². The number of quaternary nitrogens is 1. The molecule has 3 fully saturated rings. The topological polar surface area (TPSA) is 107 Å². The fourth-order valence-electron chi connectivity index (χ4n) is 5.27. The Morgan fingerprint density at radius 3 is 2.56 bits per heavy atom. The number of rotatable bonds is 8. The molecule has 0 saturated carbocycles. The van der Waals surface area contributed by atoms with Crippen LogP contribution in [0.1, 0.15) is 24.4 Å². The molecule has 4 unspecified atom stereocenters. The maximum atomic E-state index is 13.4. The van der Waals surface area contributed by atoms with Crippen LogP contribution < -0.4 is 9.32 Å². The second-order valence-electron chi connectivity index (χ2n) is 8.61. The van der Waals surface area contributed by atoms with E-state index >= 15 is 0 Å². The second kappa shape index (κ2) is 8.51. The van der Waals surface area contributed by atoms with E-state index in [1.54, 1.807) is 9.64 Å².